The number of nitrogens with one attached hydrogen (secondary N) is 1. The molecule has 9 nitrogen and oxygen atoms in total. The van der Waals surface area contributed by atoms with E-state index in [1.807, 2.05) is 0 Å². The molecule has 0 radical (unpaired) electrons. The van der Waals surface area contributed by atoms with Crippen LogP contribution in [-0.4, -0.2) is 38.4 Å². The summed E-state index contributed by atoms with van der Waals surface area (Å²) in [7, 11) is 1.27. The highest BCUT2D eigenvalue weighted by Gasteiger charge is 2.21. The number of nitrogens with zero attached hydrogens (tertiary/aromatic N) is 4. The number of ether oxygens (including phenoxy) is 1. The lowest BCUT2D eigenvalue weighted by atomic mass is 9.97. The number of anilines is 1. The maximum absolute atomic E-state index is 12.9. The van der Waals surface area contributed by atoms with Crippen molar-refractivity contribution in [1.29, 1.82) is 0 Å². The second kappa shape index (κ2) is 7.26. The van der Waals surface area contributed by atoms with Gasteiger partial charge in [-0.15, -0.1) is 0 Å². The summed E-state index contributed by atoms with van der Waals surface area (Å²) in [6, 6.07) is 6.51. The Morgan fingerprint density at radius 1 is 1.21 bits per heavy atom. The van der Waals surface area contributed by atoms with Crippen LogP contribution in [0, 0.1) is 0 Å². The minimum Gasteiger partial charge on any atom is -0.465 e. The minimum atomic E-state index is -0.557. The smallest absolute Gasteiger partial charge is 0.339 e. The van der Waals surface area contributed by atoms with Crippen LogP contribution in [0.3, 0.4) is 0 Å². The third-order valence-electron chi connectivity index (χ3n) is 4.82. The lowest BCUT2D eigenvalue weighted by molar-refractivity contribution is -0.117. The Morgan fingerprint density at radius 2 is 2.00 bits per heavy atom. The summed E-state index contributed by atoms with van der Waals surface area (Å²) in [5.74, 6) is -1.03. The summed E-state index contributed by atoms with van der Waals surface area (Å²) in [5, 5.41) is 11.1. The van der Waals surface area contributed by atoms with E-state index in [1.54, 1.807) is 24.3 Å². The SMILES string of the molecule is COC(=O)c1ccccc1NC(=O)Cn1ncn2nc3c(c2c1=O)CCCC3. The molecule has 2 heterocycles. The van der Waals surface area contributed by atoms with Crippen molar-refractivity contribution in [3.05, 3.63) is 57.8 Å². The van der Waals surface area contributed by atoms with E-state index < -0.39 is 11.9 Å². The molecule has 4 rings (SSSR count). The first-order valence-corrected chi connectivity index (χ1v) is 9.02. The number of hydrogen-bond donors (Lipinski definition) is 1. The van der Waals surface area contributed by atoms with Gasteiger partial charge in [0.1, 0.15) is 18.4 Å². The molecule has 1 amide bonds. The number of carbonyl (C=O) groups excluding carboxylic acids is 2. The van der Waals surface area contributed by atoms with Gasteiger partial charge in [0.05, 0.1) is 24.1 Å². The van der Waals surface area contributed by atoms with Crippen molar-refractivity contribution in [3.8, 4) is 0 Å². The number of fused-ring (bicyclic) bond motifs is 3. The van der Waals surface area contributed by atoms with E-state index in [9.17, 15) is 14.4 Å². The lowest BCUT2D eigenvalue weighted by Gasteiger charge is -2.11. The monoisotopic (exact) mass is 381 g/mol. The zero-order valence-corrected chi connectivity index (χ0v) is 15.3. The van der Waals surface area contributed by atoms with Crippen molar-refractivity contribution in [2.45, 2.75) is 32.2 Å². The maximum atomic E-state index is 12.9. The molecule has 1 N–H and O–H groups in total. The number of methoxy groups -OCH3 is 1. The summed E-state index contributed by atoms with van der Waals surface area (Å²) >= 11 is 0. The van der Waals surface area contributed by atoms with Crippen LogP contribution in [0.5, 0.6) is 0 Å². The Labute approximate surface area is 159 Å². The predicted molar refractivity (Wildman–Crippen MR) is 100 cm³/mol. The minimum absolute atomic E-state index is 0.235. The Balaban J connectivity index is 1.61. The Morgan fingerprint density at radius 3 is 2.82 bits per heavy atom. The van der Waals surface area contributed by atoms with Crippen molar-refractivity contribution in [3.63, 3.8) is 0 Å². The van der Waals surface area contributed by atoms with Gasteiger partial charge in [0.25, 0.3) is 5.56 Å². The number of rotatable bonds is 4. The predicted octanol–water partition coefficient (Wildman–Crippen LogP) is 1.20. The van der Waals surface area contributed by atoms with Gasteiger partial charge in [-0.2, -0.15) is 10.2 Å². The van der Waals surface area contributed by atoms with Crippen molar-refractivity contribution in [2.24, 2.45) is 0 Å². The molecule has 0 saturated carbocycles. The van der Waals surface area contributed by atoms with Gasteiger partial charge in [0, 0.05) is 5.56 Å². The number of aromatic nitrogens is 4. The first kappa shape index (κ1) is 17.9. The van der Waals surface area contributed by atoms with Crippen LogP contribution >= 0.6 is 0 Å². The molecule has 0 saturated heterocycles. The van der Waals surface area contributed by atoms with E-state index >= 15 is 0 Å². The summed E-state index contributed by atoms with van der Waals surface area (Å²) in [5.41, 5.74) is 2.55. The Bertz CT molecular complexity index is 1130. The zero-order chi connectivity index (χ0) is 19.7. The molecule has 2 aromatic heterocycles. The number of amides is 1. The topological polar surface area (TPSA) is 108 Å². The summed E-state index contributed by atoms with van der Waals surface area (Å²) < 4.78 is 7.33. The van der Waals surface area contributed by atoms with Crippen molar-refractivity contribution < 1.29 is 14.3 Å². The molecule has 3 aromatic rings. The average molecular weight is 381 g/mol. The molecule has 28 heavy (non-hydrogen) atoms. The number of esters is 1. The largest absolute Gasteiger partial charge is 0.465 e. The third kappa shape index (κ3) is 3.15. The van der Waals surface area contributed by atoms with E-state index in [0.29, 0.717) is 11.2 Å². The highest BCUT2D eigenvalue weighted by molar-refractivity contribution is 6.01. The summed E-state index contributed by atoms with van der Waals surface area (Å²) in [4.78, 5) is 37.2. The van der Waals surface area contributed by atoms with Crippen molar-refractivity contribution >= 4 is 23.1 Å². The molecule has 0 bridgehead atoms. The van der Waals surface area contributed by atoms with Gasteiger partial charge in [-0.05, 0) is 37.8 Å². The van der Waals surface area contributed by atoms with E-state index in [0.717, 1.165) is 41.6 Å². The molecule has 0 unspecified atom stereocenters. The molecule has 1 aliphatic carbocycles. The second-order valence-corrected chi connectivity index (χ2v) is 6.60. The van der Waals surface area contributed by atoms with Gasteiger partial charge in [0.2, 0.25) is 5.91 Å². The molecule has 144 valence electrons. The fourth-order valence-corrected chi connectivity index (χ4v) is 3.49. The number of carbonyl (C=O) groups is 2. The molecule has 0 spiro atoms. The molecule has 9 heteroatoms. The normalized spacial score (nSPS) is 13.2. The van der Waals surface area contributed by atoms with Gasteiger partial charge in [-0.3, -0.25) is 9.59 Å². The number of aryl methyl sites for hydroxylation is 2. The van der Waals surface area contributed by atoms with E-state index in [4.69, 9.17) is 4.74 Å². The van der Waals surface area contributed by atoms with Crippen LogP contribution in [0.2, 0.25) is 0 Å². The highest BCUT2D eigenvalue weighted by atomic mass is 16.5. The number of hydrogen-bond acceptors (Lipinski definition) is 6. The Kier molecular flexibility index (Phi) is 4.64. The van der Waals surface area contributed by atoms with E-state index in [-0.39, 0.29) is 17.7 Å². The fraction of sp³-hybridized carbons (Fsp3) is 0.316. The van der Waals surface area contributed by atoms with Gasteiger partial charge in [0.15, 0.2) is 0 Å². The maximum Gasteiger partial charge on any atom is 0.339 e. The number of benzene rings is 1. The third-order valence-corrected chi connectivity index (χ3v) is 4.82. The standard InChI is InChI=1S/C19H19N5O4/c1-28-19(27)13-7-3-4-8-14(13)21-16(25)10-23-18(26)17-12-6-2-5-9-15(12)22-24(17)11-20-23/h3-4,7-8,11H,2,5-6,9-10H2,1H3,(H,21,25). The Hall–Kier alpha value is -3.49. The summed E-state index contributed by atoms with van der Waals surface area (Å²) in [6.45, 7) is -0.273. The first-order chi connectivity index (χ1) is 13.6. The lowest BCUT2D eigenvalue weighted by Crippen LogP contribution is -2.31. The van der Waals surface area contributed by atoms with Crippen molar-refractivity contribution in [2.75, 3.05) is 12.4 Å². The van der Waals surface area contributed by atoms with E-state index in [1.165, 1.54) is 18.0 Å². The fourth-order valence-electron chi connectivity index (χ4n) is 3.49. The summed E-state index contributed by atoms with van der Waals surface area (Å²) in [6.07, 6.45) is 5.17. The molecule has 0 atom stereocenters. The van der Waals surface area contributed by atoms with Gasteiger partial charge < -0.3 is 10.1 Å². The average Bonchev–Trinajstić information content (AvgIpc) is 3.09. The van der Waals surface area contributed by atoms with Gasteiger partial charge in [-0.1, -0.05) is 12.1 Å². The molecular weight excluding hydrogens is 362 g/mol. The molecule has 1 aromatic carbocycles. The molecule has 0 aliphatic heterocycles. The second-order valence-electron chi connectivity index (χ2n) is 6.60. The van der Waals surface area contributed by atoms with Crippen molar-refractivity contribution in [1.82, 2.24) is 19.4 Å². The van der Waals surface area contributed by atoms with Crippen LogP contribution in [-0.2, 0) is 28.9 Å². The van der Waals surface area contributed by atoms with E-state index in [2.05, 4.69) is 15.5 Å². The zero-order valence-electron chi connectivity index (χ0n) is 15.3. The quantitative estimate of drug-likeness (QED) is 0.681. The molecule has 0 fully saturated rings. The number of para-hydroxylation sites is 1. The first-order valence-electron chi connectivity index (χ1n) is 9.02. The highest BCUT2D eigenvalue weighted by Crippen LogP contribution is 2.22. The van der Waals surface area contributed by atoms with Crippen LogP contribution in [0.15, 0.2) is 35.4 Å². The van der Waals surface area contributed by atoms with Crippen LogP contribution in [0.25, 0.3) is 5.52 Å². The van der Waals surface area contributed by atoms with Gasteiger partial charge in [-0.25, -0.2) is 14.0 Å². The molecule has 1 aliphatic rings. The van der Waals surface area contributed by atoms with Gasteiger partial charge >= 0.3 is 5.97 Å². The van der Waals surface area contributed by atoms with Crippen LogP contribution in [0.4, 0.5) is 5.69 Å². The van der Waals surface area contributed by atoms with Crippen LogP contribution in [0.1, 0.15) is 34.5 Å². The van der Waals surface area contributed by atoms with Crippen LogP contribution < -0.4 is 10.9 Å². The molecular formula is C19H19N5O4.